The monoisotopic (exact) mass is 221 g/mol. The molecule has 16 heavy (non-hydrogen) atoms. The molecule has 1 fully saturated rings. The summed E-state index contributed by atoms with van der Waals surface area (Å²) in [5.41, 5.74) is 0.888. The first-order valence-corrected chi connectivity index (χ1v) is 5.74. The number of Topliss-reactive ketones (excluding diaryl/α,β-unsaturated/α-hetero) is 1. The van der Waals surface area contributed by atoms with E-state index in [0.717, 1.165) is 12.1 Å². The average molecular weight is 221 g/mol. The van der Waals surface area contributed by atoms with Crippen molar-refractivity contribution in [1.29, 1.82) is 0 Å². The number of nitrogens with zero attached hydrogens (tertiary/aromatic N) is 1. The molecule has 0 radical (unpaired) electrons. The number of anilines is 1. The van der Waals surface area contributed by atoms with Crippen LogP contribution >= 0.6 is 0 Å². The Hall–Kier alpha value is -1.38. The second-order valence-corrected chi connectivity index (χ2v) is 4.23. The van der Waals surface area contributed by atoms with Gasteiger partial charge in [0.25, 0.3) is 0 Å². The van der Waals surface area contributed by atoms with Gasteiger partial charge in [0.1, 0.15) is 11.6 Å². The van der Waals surface area contributed by atoms with Gasteiger partial charge in [0.15, 0.2) is 0 Å². The van der Waals surface area contributed by atoms with E-state index in [4.69, 9.17) is 0 Å². The van der Waals surface area contributed by atoms with E-state index in [1.54, 1.807) is 12.1 Å². The van der Waals surface area contributed by atoms with Gasteiger partial charge >= 0.3 is 0 Å². The summed E-state index contributed by atoms with van der Waals surface area (Å²) in [7, 11) is 0. The number of rotatable bonds is 2. The summed E-state index contributed by atoms with van der Waals surface area (Å²) in [6, 6.07) is 6.83. The summed E-state index contributed by atoms with van der Waals surface area (Å²) in [6.45, 7) is 2.77. The maximum absolute atomic E-state index is 13.1. The highest BCUT2D eigenvalue weighted by atomic mass is 19.1. The molecule has 1 heterocycles. The van der Waals surface area contributed by atoms with E-state index in [1.807, 2.05) is 6.07 Å². The Bertz CT molecular complexity index is 391. The topological polar surface area (TPSA) is 20.3 Å². The minimum absolute atomic E-state index is 0.218. The Balaban J connectivity index is 2.22. The van der Waals surface area contributed by atoms with Gasteiger partial charge in [-0.1, -0.05) is 13.0 Å². The van der Waals surface area contributed by atoms with Crippen molar-refractivity contribution in [3.05, 3.63) is 30.1 Å². The summed E-state index contributed by atoms with van der Waals surface area (Å²) in [6.07, 6.45) is 2.09. The van der Waals surface area contributed by atoms with Crippen molar-refractivity contribution < 1.29 is 9.18 Å². The molecule has 0 bridgehead atoms. The molecule has 2 rings (SSSR count). The molecule has 1 saturated heterocycles. The van der Waals surface area contributed by atoms with E-state index in [1.165, 1.54) is 6.07 Å². The molecule has 2 nitrogen and oxygen atoms in total. The second kappa shape index (κ2) is 4.64. The summed E-state index contributed by atoms with van der Waals surface area (Å²) in [4.78, 5) is 13.5. The summed E-state index contributed by atoms with van der Waals surface area (Å²) < 4.78 is 13.1. The average Bonchev–Trinajstić information content (AvgIpc) is 2.28. The van der Waals surface area contributed by atoms with Crippen LogP contribution in [-0.2, 0) is 4.79 Å². The van der Waals surface area contributed by atoms with Crippen molar-refractivity contribution in [3.63, 3.8) is 0 Å². The van der Waals surface area contributed by atoms with Crippen molar-refractivity contribution in [2.45, 2.75) is 32.2 Å². The molecule has 1 unspecified atom stereocenters. The molecule has 1 aliphatic heterocycles. The van der Waals surface area contributed by atoms with Gasteiger partial charge < -0.3 is 4.90 Å². The summed E-state index contributed by atoms with van der Waals surface area (Å²) in [5.74, 6) is 0.101. The van der Waals surface area contributed by atoms with Crippen LogP contribution in [0.4, 0.5) is 10.1 Å². The minimum Gasteiger partial charge on any atom is -0.368 e. The minimum atomic E-state index is -0.218. The lowest BCUT2D eigenvalue weighted by molar-refractivity contribution is -0.120. The van der Waals surface area contributed by atoms with Gasteiger partial charge in [-0.25, -0.2) is 4.39 Å². The molecule has 1 aromatic carbocycles. The van der Waals surface area contributed by atoms with E-state index in [0.29, 0.717) is 25.2 Å². The number of hydrogen-bond acceptors (Lipinski definition) is 2. The maximum atomic E-state index is 13.1. The van der Waals surface area contributed by atoms with Gasteiger partial charge in [0, 0.05) is 31.1 Å². The number of halogens is 1. The second-order valence-electron chi connectivity index (χ2n) is 4.23. The van der Waals surface area contributed by atoms with E-state index in [9.17, 15) is 9.18 Å². The fourth-order valence-electron chi connectivity index (χ4n) is 2.26. The highest BCUT2D eigenvalue weighted by Crippen LogP contribution is 2.25. The third kappa shape index (κ3) is 2.23. The smallest absolute Gasteiger partial charge is 0.136 e. The largest absolute Gasteiger partial charge is 0.368 e. The number of benzene rings is 1. The van der Waals surface area contributed by atoms with Crippen LogP contribution in [-0.4, -0.2) is 18.4 Å². The van der Waals surface area contributed by atoms with E-state index >= 15 is 0 Å². The Morgan fingerprint density at radius 1 is 1.50 bits per heavy atom. The normalized spacial score (nSPS) is 21.2. The first kappa shape index (κ1) is 11.1. The van der Waals surface area contributed by atoms with Crippen LogP contribution in [0.2, 0.25) is 0 Å². The third-order valence-corrected chi connectivity index (χ3v) is 3.15. The number of piperidine rings is 1. The van der Waals surface area contributed by atoms with Gasteiger partial charge in [-0.15, -0.1) is 0 Å². The molecule has 1 aliphatic rings. The van der Waals surface area contributed by atoms with E-state index in [-0.39, 0.29) is 11.9 Å². The van der Waals surface area contributed by atoms with Crippen molar-refractivity contribution in [3.8, 4) is 0 Å². The van der Waals surface area contributed by atoms with Crippen LogP contribution in [0.5, 0.6) is 0 Å². The molecule has 86 valence electrons. The van der Waals surface area contributed by atoms with Crippen LogP contribution in [0, 0.1) is 5.82 Å². The summed E-state index contributed by atoms with van der Waals surface area (Å²) >= 11 is 0. The van der Waals surface area contributed by atoms with Gasteiger partial charge in [-0.3, -0.25) is 4.79 Å². The number of ketones is 1. The molecule has 0 N–H and O–H groups in total. The summed E-state index contributed by atoms with van der Waals surface area (Å²) in [5, 5.41) is 0. The first-order chi connectivity index (χ1) is 7.70. The van der Waals surface area contributed by atoms with Crippen molar-refractivity contribution in [2.24, 2.45) is 0 Å². The molecule has 0 saturated carbocycles. The molecule has 1 aromatic rings. The van der Waals surface area contributed by atoms with E-state index < -0.39 is 0 Å². The molecular formula is C13H16FNO. The predicted molar refractivity (Wildman–Crippen MR) is 62.1 cm³/mol. The Morgan fingerprint density at radius 3 is 3.00 bits per heavy atom. The standard InChI is InChI=1S/C13H16FNO/c1-2-11-9-13(16)6-7-15(11)12-5-3-4-10(14)8-12/h3-5,8,11H,2,6-7,9H2,1H3. The van der Waals surface area contributed by atoms with Crippen LogP contribution in [0.25, 0.3) is 0 Å². The van der Waals surface area contributed by atoms with Crippen molar-refractivity contribution >= 4 is 11.5 Å². The quantitative estimate of drug-likeness (QED) is 0.765. The lowest BCUT2D eigenvalue weighted by Gasteiger charge is -2.36. The fourth-order valence-corrected chi connectivity index (χ4v) is 2.26. The fraction of sp³-hybridized carbons (Fsp3) is 0.462. The first-order valence-electron chi connectivity index (χ1n) is 5.74. The lowest BCUT2D eigenvalue weighted by atomic mass is 9.98. The van der Waals surface area contributed by atoms with Crippen LogP contribution in [0.15, 0.2) is 24.3 Å². The zero-order valence-corrected chi connectivity index (χ0v) is 9.45. The molecule has 1 atom stereocenters. The molecule has 0 spiro atoms. The van der Waals surface area contributed by atoms with Gasteiger partial charge in [0.05, 0.1) is 0 Å². The zero-order chi connectivity index (χ0) is 11.5. The highest BCUT2D eigenvalue weighted by Gasteiger charge is 2.25. The van der Waals surface area contributed by atoms with E-state index in [2.05, 4.69) is 11.8 Å². The van der Waals surface area contributed by atoms with Crippen LogP contribution in [0.3, 0.4) is 0 Å². The molecule has 3 heteroatoms. The predicted octanol–water partition coefficient (Wildman–Crippen LogP) is 2.77. The zero-order valence-electron chi connectivity index (χ0n) is 9.45. The van der Waals surface area contributed by atoms with Gasteiger partial charge in [-0.2, -0.15) is 0 Å². The molecule has 0 aromatic heterocycles. The highest BCUT2D eigenvalue weighted by molar-refractivity contribution is 5.81. The maximum Gasteiger partial charge on any atom is 0.136 e. The van der Waals surface area contributed by atoms with Gasteiger partial charge in [-0.05, 0) is 24.6 Å². The number of carbonyl (C=O) groups is 1. The van der Waals surface area contributed by atoms with Crippen LogP contribution < -0.4 is 4.90 Å². The Labute approximate surface area is 95.1 Å². The van der Waals surface area contributed by atoms with Crippen molar-refractivity contribution in [2.75, 3.05) is 11.4 Å². The molecule has 0 amide bonds. The Morgan fingerprint density at radius 2 is 2.31 bits per heavy atom. The Kier molecular flexibility index (Phi) is 3.22. The number of hydrogen-bond donors (Lipinski definition) is 0. The van der Waals surface area contributed by atoms with Gasteiger partial charge in [0.2, 0.25) is 0 Å². The molecular weight excluding hydrogens is 205 g/mol. The molecule has 0 aliphatic carbocycles. The lowest BCUT2D eigenvalue weighted by Crippen LogP contribution is -2.42. The number of carbonyl (C=O) groups excluding carboxylic acids is 1. The third-order valence-electron chi connectivity index (χ3n) is 3.15. The SMILES string of the molecule is CCC1CC(=O)CCN1c1cccc(F)c1. The van der Waals surface area contributed by atoms with Crippen molar-refractivity contribution in [1.82, 2.24) is 0 Å². The van der Waals surface area contributed by atoms with Crippen LogP contribution in [0.1, 0.15) is 26.2 Å².